The van der Waals surface area contributed by atoms with Gasteiger partial charge in [0.2, 0.25) is 0 Å². The summed E-state index contributed by atoms with van der Waals surface area (Å²) in [5.41, 5.74) is 11.0. The summed E-state index contributed by atoms with van der Waals surface area (Å²) in [7, 11) is 0. The number of phenols is 1. The average molecular weight is 594 g/mol. The summed E-state index contributed by atoms with van der Waals surface area (Å²) in [5, 5.41) is 11.0. The minimum absolute atomic E-state index is 0.231. The fraction of sp³-hybridized carbons (Fsp3) is 0.0714. The Morgan fingerprint density at radius 2 is 0.978 bits per heavy atom. The van der Waals surface area contributed by atoms with Crippen LogP contribution in [0.25, 0.3) is 45.3 Å². The summed E-state index contributed by atoms with van der Waals surface area (Å²) in [6.07, 6.45) is 0. The second kappa shape index (κ2) is 10.9. The molecule has 6 aromatic carbocycles. The second-order valence-electron chi connectivity index (χ2n) is 12.0. The summed E-state index contributed by atoms with van der Waals surface area (Å²) in [5.74, 6) is 2.07. The van der Waals surface area contributed by atoms with Crippen LogP contribution in [0.1, 0.15) is 33.4 Å². The van der Waals surface area contributed by atoms with Crippen molar-refractivity contribution in [2.75, 3.05) is 0 Å². The third-order valence-electron chi connectivity index (χ3n) is 9.05. The molecule has 0 radical (unpaired) electrons. The highest BCUT2D eigenvalue weighted by atomic mass is 16.3. The van der Waals surface area contributed by atoms with Crippen LogP contribution in [0.3, 0.4) is 0 Å². The van der Waals surface area contributed by atoms with Gasteiger partial charge in [0.1, 0.15) is 5.75 Å². The van der Waals surface area contributed by atoms with Crippen LogP contribution in [0.4, 0.5) is 0 Å². The van der Waals surface area contributed by atoms with Gasteiger partial charge in [-0.25, -0.2) is 15.0 Å². The van der Waals surface area contributed by atoms with Gasteiger partial charge in [0, 0.05) is 16.7 Å². The Balaban J connectivity index is 1.46. The third kappa shape index (κ3) is 4.41. The highest BCUT2D eigenvalue weighted by Gasteiger charge is 2.47. The van der Waals surface area contributed by atoms with Crippen molar-refractivity contribution < 1.29 is 5.11 Å². The van der Waals surface area contributed by atoms with Crippen LogP contribution in [0.5, 0.6) is 5.75 Å². The standard InChI is InChI=1S/C42H31N3O/c1-27-16-20-31(21-17-27)42(32-22-18-28(2)19-23-32)36-15-9-14-35(38(36)34-25-24-33(46)26-37(34)42)41-44-39(29-10-5-3-6-11-29)43-40(45-41)30-12-7-4-8-13-30/h3-26,46H,1-2H3. The van der Waals surface area contributed by atoms with E-state index < -0.39 is 5.41 Å². The fourth-order valence-electron chi connectivity index (χ4n) is 6.87. The maximum Gasteiger partial charge on any atom is 0.164 e. The normalized spacial score (nSPS) is 12.8. The third-order valence-corrected chi connectivity index (χ3v) is 9.05. The van der Waals surface area contributed by atoms with E-state index in [2.05, 4.69) is 80.6 Å². The molecule has 1 heterocycles. The van der Waals surface area contributed by atoms with Crippen LogP contribution in [0.2, 0.25) is 0 Å². The zero-order chi connectivity index (χ0) is 31.3. The molecule has 220 valence electrons. The van der Waals surface area contributed by atoms with Gasteiger partial charge in [0.05, 0.1) is 5.41 Å². The molecule has 0 saturated heterocycles. The lowest BCUT2D eigenvalue weighted by Crippen LogP contribution is -2.28. The first-order valence-corrected chi connectivity index (χ1v) is 15.5. The molecule has 4 heteroatoms. The van der Waals surface area contributed by atoms with Gasteiger partial charge >= 0.3 is 0 Å². The molecule has 46 heavy (non-hydrogen) atoms. The number of aromatic nitrogens is 3. The molecule has 0 spiro atoms. The quantitative estimate of drug-likeness (QED) is 0.216. The van der Waals surface area contributed by atoms with Gasteiger partial charge in [-0.1, -0.05) is 145 Å². The highest BCUT2D eigenvalue weighted by Crippen LogP contribution is 2.58. The summed E-state index contributed by atoms with van der Waals surface area (Å²) in [6, 6.07) is 49.8. The highest BCUT2D eigenvalue weighted by molar-refractivity contribution is 5.94. The Labute approximate surface area is 268 Å². The number of fused-ring (bicyclic) bond motifs is 3. The first kappa shape index (κ1) is 27.7. The molecular weight excluding hydrogens is 562 g/mol. The first-order valence-electron chi connectivity index (χ1n) is 15.5. The lowest BCUT2D eigenvalue weighted by Gasteiger charge is -2.34. The van der Waals surface area contributed by atoms with Gasteiger partial charge in [-0.2, -0.15) is 0 Å². The van der Waals surface area contributed by atoms with Crippen molar-refractivity contribution >= 4 is 0 Å². The van der Waals surface area contributed by atoms with Crippen molar-refractivity contribution in [1.82, 2.24) is 15.0 Å². The lowest BCUT2D eigenvalue weighted by atomic mass is 9.67. The molecule has 0 atom stereocenters. The van der Waals surface area contributed by atoms with E-state index in [4.69, 9.17) is 15.0 Å². The van der Waals surface area contributed by atoms with E-state index in [1.165, 1.54) is 11.1 Å². The maximum absolute atomic E-state index is 11.0. The molecule has 7 aromatic rings. The van der Waals surface area contributed by atoms with E-state index >= 15 is 0 Å². The van der Waals surface area contributed by atoms with Crippen molar-refractivity contribution in [3.8, 4) is 51.0 Å². The predicted octanol–water partition coefficient (Wildman–Crippen LogP) is 9.56. The average Bonchev–Trinajstić information content (AvgIpc) is 3.40. The molecule has 4 nitrogen and oxygen atoms in total. The van der Waals surface area contributed by atoms with Gasteiger partial charge in [0.25, 0.3) is 0 Å². The zero-order valence-electron chi connectivity index (χ0n) is 25.6. The second-order valence-corrected chi connectivity index (χ2v) is 12.0. The van der Waals surface area contributed by atoms with Crippen molar-refractivity contribution in [2.24, 2.45) is 0 Å². The molecule has 0 saturated carbocycles. The van der Waals surface area contributed by atoms with Crippen LogP contribution >= 0.6 is 0 Å². The van der Waals surface area contributed by atoms with Crippen molar-refractivity contribution in [1.29, 1.82) is 0 Å². The van der Waals surface area contributed by atoms with Gasteiger partial charge in [0.15, 0.2) is 17.5 Å². The Hall–Kier alpha value is -5.87. The van der Waals surface area contributed by atoms with Crippen LogP contribution in [0.15, 0.2) is 146 Å². The maximum atomic E-state index is 11.0. The molecular formula is C42H31N3O. The number of nitrogens with zero attached hydrogens (tertiary/aromatic N) is 3. The Morgan fingerprint density at radius 1 is 0.457 bits per heavy atom. The molecule has 8 rings (SSSR count). The summed E-state index contributed by atoms with van der Waals surface area (Å²) in [4.78, 5) is 15.2. The number of hydrogen-bond acceptors (Lipinski definition) is 4. The Bertz CT molecular complexity index is 2100. The first-order chi connectivity index (χ1) is 22.5. The van der Waals surface area contributed by atoms with Crippen molar-refractivity contribution in [2.45, 2.75) is 19.3 Å². The number of aryl methyl sites for hydroxylation is 2. The van der Waals surface area contributed by atoms with E-state index in [1.807, 2.05) is 72.8 Å². The van der Waals surface area contributed by atoms with Gasteiger partial charge < -0.3 is 5.11 Å². The monoisotopic (exact) mass is 593 g/mol. The molecule has 1 N–H and O–H groups in total. The van der Waals surface area contributed by atoms with Crippen molar-refractivity contribution in [3.63, 3.8) is 0 Å². The van der Waals surface area contributed by atoms with Crippen LogP contribution < -0.4 is 0 Å². The lowest BCUT2D eigenvalue weighted by molar-refractivity contribution is 0.474. The smallest absolute Gasteiger partial charge is 0.164 e. The molecule has 0 bridgehead atoms. The minimum atomic E-state index is -0.668. The molecule has 1 aliphatic carbocycles. The van der Waals surface area contributed by atoms with E-state index in [0.29, 0.717) is 17.5 Å². The molecule has 0 fully saturated rings. The summed E-state index contributed by atoms with van der Waals surface area (Å²) >= 11 is 0. The SMILES string of the molecule is Cc1ccc(C2(c3ccc(C)cc3)c3cc(O)ccc3-c3c(-c4nc(-c5ccccc5)nc(-c5ccccc5)n4)cccc32)cc1. The molecule has 0 amide bonds. The summed E-state index contributed by atoms with van der Waals surface area (Å²) < 4.78 is 0. The molecule has 1 aromatic heterocycles. The van der Waals surface area contributed by atoms with Crippen LogP contribution in [-0.2, 0) is 5.41 Å². The van der Waals surface area contributed by atoms with Gasteiger partial charge in [-0.05, 0) is 59.4 Å². The Morgan fingerprint density at radius 3 is 1.52 bits per heavy atom. The van der Waals surface area contributed by atoms with Crippen molar-refractivity contribution in [3.05, 3.63) is 179 Å². The fourth-order valence-corrected chi connectivity index (χ4v) is 6.87. The number of rotatable bonds is 5. The molecule has 1 aliphatic rings. The minimum Gasteiger partial charge on any atom is -0.508 e. The number of phenolic OH excluding ortho intramolecular Hbond substituents is 1. The van der Waals surface area contributed by atoms with E-state index in [1.54, 1.807) is 6.07 Å². The largest absolute Gasteiger partial charge is 0.508 e. The zero-order valence-corrected chi connectivity index (χ0v) is 25.6. The number of benzene rings is 6. The van der Waals surface area contributed by atoms with Gasteiger partial charge in [-0.15, -0.1) is 0 Å². The molecule has 0 aliphatic heterocycles. The topological polar surface area (TPSA) is 58.9 Å². The predicted molar refractivity (Wildman–Crippen MR) is 185 cm³/mol. The Kier molecular flexibility index (Phi) is 6.58. The number of aromatic hydroxyl groups is 1. The van der Waals surface area contributed by atoms with E-state index in [9.17, 15) is 5.11 Å². The van der Waals surface area contributed by atoms with E-state index in [-0.39, 0.29) is 5.75 Å². The number of hydrogen-bond donors (Lipinski definition) is 1. The summed E-state index contributed by atoms with van der Waals surface area (Å²) in [6.45, 7) is 4.22. The van der Waals surface area contributed by atoms with Crippen LogP contribution in [-0.4, -0.2) is 20.1 Å². The van der Waals surface area contributed by atoms with E-state index in [0.717, 1.165) is 50.1 Å². The van der Waals surface area contributed by atoms with Gasteiger partial charge in [-0.3, -0.25) is 0 Å². The molecule has 0 unspecified atom stereocenters. The van der Waals surface area contributed by atoms with Crippen LogP contribution in [0, 0.1) is 13.8 Å².